The molecule has 202 valence electrons. The Labute approximate surface area is 237 Å². The van der Waals surface area contributed by atoms with Crippen molar-refractivity contribution < 1.29 is 18.3 Å². The van der Waals surface area contributed by atoms with Gasteiger partial charge in [0.2, 0.25) is 0 Å². The number of nitriles is 1. The molecule has 7 nitrogen and oxygen atoms in total. The first kappa shape index (κ1) is 26.0. The molecule has 5 aromatic rings. The average molecular weight is 578 g/mol. The third-order valence-electron chi connectivity index (χ3n) is 6.99. The number of benzene rings is 3. The fourth-order valence-corrected chi connectivity index (χ4v) is 6.33. The van der Waals surface area contributed by atoms with Crippen LogP contribution in [0, 0.1) is 23.0 Å². The van der Waals surface area contributed by atoms with Crippen molar-refractivity contribution in [2.24, 2.45) is 0 Å². The number of hydrogen-bond donors (Lipinski definition) is 1. The van der Waals surface area contributed by atoms with Crippen LogP contribution in [0.25, 0.3) is 32.1 Å². The van der Waals surface area contributed by atoms with Crippen LogP contribution in [-0.4, -0.2) is 30.2 Å². The lowest BCUT2D eigenvalue weighted by molar-refractivity contribution is 0.335. The van der Waals surface area contributed by atoms with Crippen molar-refractivity contribution in [3.8, 4) is 29.0 Å². The van der Waals surface area contributed by atoms with Crippen molar-refractivity contribution in [2.45, 2.75) is 19.8 Å². The molecule has 3 heterocycles. The van der Waals surface area contributed by atoms with E-state index < -0.39 is 11.6 Å². The lowest BCUT2D eigenvalue weighted by Crippen LogP contribution is -2.23. The lowest BCUT2D eigenvalue weighted by atomic mass is 9.96. The Balaban J connectivity index is 1.69. The molecule has 0 radical (unpaired) electrons. The van der Waals surface area contributed by atoms with E-state index in [9.17, 15) is 9.65 Å². The van der Waals surface area contributed by atoms with Crippen molar-refractivity contribution in [1.29, 1.82) is 5.26 Å². The summed E-state index contributed by atoms with van der Waals surface area (Å²) in [6.45, 7) is 4.80. The van der Waals surface area contributed by atoms with Gasteiger partial charge in [-0.05, 0) is 35.2 Å². The summed E-state index contributed by atoms with van der Waals surface area (Å²) in [6, 6.07) is 12.6. The topological polar surface area (TPSA) is 97.3 Å². The molecule has 0 saturated heterocycles. The summed E-state index contributed by atoms with van der Waals surface area (Å²) in [7, 11) is 1.40. The molecule has 11 heteroatoms. The van der Waals surface area contributed by atoms with E-state index in [0.717, 1.165) is 22.6 Å². The van der Waals surface area contributed by atoms with Crippen LogP contribution in [0.5, 0.6) is 11.8 Å². The summed E-state index contributed by atoms with van der Waals surface area (Å²) >= 11 is 7.83. The van der Waals surface area contributed by atoms with Crippen molar-refractivity contribution in [3.05, 3.63) is 64.2 Å². The SMILES string of the molecule is COc1nc2c3c(c(Cl)c(-c4ccc(F)c5sc(N)c(C#N)c45)c(F)c3n1)OCCN2c1cccc(C(C)C)c1. The second-order valence-electron chi connectivity index (χ2n) is 9.59. The van der Waals surface area contributed by atoms with Gasteiger partial charge >= 0.3 is 6.01 Å². The number of nitrogens with two attached hydrogens (primary N) is 1. The van der Waals surface area contributed by atoms with Gasteiger partial charge in [0, 0.05) is 16.6 Å². The van der Waals surface area contributed by atoms with E-state index in [2.05, 4.69) is 29.9 Å². The number of anilines is 3. The number of hydrogen-bond acceptors (Lipinski definition) is 8. The molecule has 0 bridgehead atoms. The molecule has 0 amide bonds. The van der Waals surface area contributed by atoms with Crippen LogP contribution in [0.1, 0.15) is 30.9 Å². The van der Waals surface area contributed by atoms with E-state index in [1.54, 1.807) is 0 Å². The largest absolute Gasteiger partial charge is 0.489 e. The molecular weight excluding hydrogens is 556 g/mol. The van der Waals surface area contributed by atoms with E-state index in [1.807, 2.05) is 29.2 Å². The molecule has 0 fully saturated rings. The van der Waals surface area contributed by atoms with Gasteiger partial charge in [0.25, 0.3) is 0 Å². The van der Waals surface area contributed by atoms with Crippen molar-refractivity contribution >= 4 is 60.4 Å². The molecule has 1 aliphatic rings. The summed E-state index contributed by atoms with van der Waals surface area (Å²) in [6.07, 6.45) is 0. The maximum atomic E-state index is 16.6. The van der Waals surface area contributed by atoms with Gasteiger partial charge in [0.15, 0.2) is 17.4 Å². The number of ether oxygens (including phenoxy) is 2. The van der Waals surface area contributed by atoms with E-state index in [4.69, 9.17) is 26.8 Å². The number of nitrogens with zero attached hydrogens (tertiary/aromatic N) is 4. The molecule has 0 atom stereocenters. The Morgan fingerprint density at radius 2 is 2.00 bits per heavy atom. The van der Waals surface area contributed by atoms with E-state index in [1.165, 1.54) is 19.2 Å². The quantitative estimate of drug-likeness (QED) is 0.235. The molecule has 0 aliphatic carbocycles. The highest BCUT2D eigenvalue weighted by Crippen LogP contribution is 2.51. The highest BCUT2D eigenvalue weighted by atomic mass is 35.5. The van der Waals surface area contributed by atoms with E-state index in [-0.39, 0.29) is 66.1 Å². The summed E-state index contributed by atoms with van der Waals surface area (Å²) in [4.78, 5) is 10.9. The first-order valence-electron chi connectivity index (χ1n) is 12.4. The van der Waals surface area contributed by atoms with Gasteiger partial charge < -0.3 is 20.1 Å². The second kappa shape index (κ2) is 9.77. The normalized spacial score (nSPS) is 13.0. The van der Waals surface area contributed by atoms with Gasteiger partial charge in [-0.3, -0.25) is 0 Å². The number of fused-ring (bicyclic) bond motifs is 1. The maximum absolute atomic E-state index is 16.6. The second-order valence-corrected chi connectivity index (χ2v) is 11.0. The van der Waals surface area contributed by atoms with Gasteiger partial charge in [0.05, 0.1) is 34.3 Å². The predicted octanol–water partition coefficient (Wildman–Crippen LogP) is 7.56. The fraction of sp³-hybridized carbons (Fsp3) is 0.207. The summed E-state index contributed by atoms with van der Waals surface area (Å²) < 4.78 is 43.1. The minimum atomic E-state index is -0.784. The smallest absolute Gasteiger partial charge is 0.318 e. The Morgan fingerprint density at radius 1 is 1.20 bits per heavy atom. The lowest BCUT2D eigenvalue weighted by Gasteiger charge is -2.24. The van der Waals surface area contributed by atoms with Crippen LogP contribution in [-0.2, 0) is 0 Å². The fourth-order valence-electron chi connectivity index (χ4n) is 5.05. The summed E-state index contributed by atoms with van der Waals surface area (Å²) in [5.41, 5.74) is 8.09. The minimum absolute atomic E-state index is 0.0423. The summed E-state index contributed by atoms with van der Waals surface area (Å²) in [5, 5.41) is 10.3. The van der Waals surface area contributed by atoms with Crippen LogP contribution in [0.4, 0.5) is 25.3 Å². The van der Waals surface area contributed by atoms with Crippen LogP contribution in [0.3, 0.4) is 0 Å². The van der Waals surface area contributed by atoms with E-state index >= 15 is 4.39 Å². The molecule has 3 aromatic carbocycles. The maximum Gasteiger partial charge on any atom is 0.318 e. The van der Waals surface area contributed by atoms with Gasteiger partial charge in [-0.15, -0.1) is 11.3 Å². The first-order chi connectivity index (χ1) is 19.2. The van der Waals surface area contributed by atoms with Crippen LogP contribution >= 0.6 is 22.9 Å². The molecule has 0 unspecified atom stereocenters. The standard InChI is InChI=1S/C29H22ClF2N5O2S/c1-13(2)14-5-4-6-15(11-14)37-9-10-39-25-21-24(35-29(38-3)36-28(21)37)23(32)20(22(25)30)16-7-8-18(31)26-19(16)17(12-33)27(34)40-26/h4-8,11,13H,9-10,34H2,1-3H3. The number of rotatable bonds is 4. The van der Waals surface area contributed by atoms with E-state index in [0.29, 0.717) is 18.3 Å². The van der Waals surface area contributed by atoms with Crippen LogP contribution in [0.15, 0.2) is 36.4 Å². The molecule has 2 aromatic heterocycles. The molecule has 2 N–H and O–H groups in total. The van der Waals surface area contributed by atoms with Crippen molar-refractivity contribution in [1.82, 2.24) is 9.97 Å². The third-order valence-corrected chi connectivity index (χ3v) is 8.38. The van der Waals surface area contributed by atoms with Crippen LogP contribution in [0.2, 0.25) is 5.02 Å². The van der Waals surface area contributed by atoms with Gasteiger partial charge in [0.1, 0.15) is 29.0 Å². The van der Waals surface area contributed by atoms with Crippen molar-refractivity contribution in [3.63, 3.8) is 0 Å². The zero-order valence-corrected chi connectivity index (χ0v) is 23.3. The average Bonchev–Trinajstić information content (AvgIpc) is 3.17. The number of methoxy groups -OCH3 is 1. The molecule has 1 aliphatic heterocycles. The predicted molar refractivity (Wildman–Crippen MR) is 154 cm³/mol. The molecule has 0 saturated carbocycles. The van der Waals surface area contributed by atoms with Crippen molar-refractivity contribution in [2.75, 3.05) is 30.9 Å². The minimum Gasteiger partial charge on any atom is -0.489 e. The van der Waals surface area contributed by atoms with Gasteiger partial charge in [-0.2, -0.15) is 15.2 Å². The molecule has 6 rings (SSSR count). The molecule has 40 heavy (non-hydrogen) atoms. The summed E-state index contributed by atoms with van der Waals surface area (Å²) in [5.74, 6) is -0.499. The molecular formula is C29H22ClF2N5O2S. The Bertz CT molecular complexity index is 1890. The van der Waals surface area contributed by atoms with Gasteiger partial charge in [-0.1, -0.05) is 43.6 Å². The highest BCUT2D eigenvalue weighted by molar-refractivity contribution is 7.23. The number of halogens is 3. The first-order valence-corrected chi connectivity index (χ1v) is 13.6. The monoisotopic (exact) mass is 577 g/mol. The zero-order valence-electron chi connectivity index (χ0n) is 21.7. The Hall–Kier alpha value is -4.20. The number of thiophene rings is 1. The number of nitrogen functional groups attached to an aromatic ring is 1. The Kier molecular flexibility index (Phi) is 6.36. The number of aromatic nitrogens is 2. The Morgan fingerprint density at radius 3 is 2.73 bits per heavy atom. The zero-order chi connectivity index (χ0) is 28.3. The highest BCUT2D eigenvalue weighted by Gasteiger charge is 2.32. The van der Waals surface area contributed by atoms with Gasteiger partial charge in [-0.25, -0.2) is 8.78 Å². The molecule has 0 spiro atoms. The van der Waals surface area contributed by atoms with Crippen LogP contribution < -0.4 is 20.1 Å². The third kappa shape index (κ3) is 3.88.